The predicted molar refractivity (Wildman–Crippen MR) is 77.0 cm³/mol. The summed E-state index contributed by atoms with van der Waals surface area (Å²) in [5, 5.41) is 17.0. The van der Waals surface area contributed by atoms with E-state index in [-0.39, 0.29) is 6.03 Å². The van der Waals surface area contributed by atoms with Gasteiger partial charge in [0.15, 0.2) is 6.23 Å². The van der Waals surface area contributed by atoms with Crippen molar-refractivity contribution >= 4 is 17.5 Å². The quantitative estimate of drug-likeness (QED) is 0.705. The van der Waals surface area contributed by atoms with Gasteiger partial charge in [-0.25, -0.2) is 14.7 Å². The lowest BCUT2D eigenvalue weighted by atomic mass is 9.87. The Kier molecular flexibility index (Phi) is 2.66. The molecular formula is C14H17N5O2. The molecule has 2 aliphatic rings. The summed E-state index contributed by atoms with van der Waals surface area (Å²) < 4.78 is 1.81. The number of aliphatic hydroxyl groups is 1. The molecule has 2 aromatic heterocycles. The molecule has 7 heteroatoms. The van der Waals surface area contributed by atoms with Crippen LogP contribution in [0.25, 0.3) is 5.65 Å². The summed E-state index contributed by atoms with van der Waals surface area (Å²) in [6.07, 6.45) is 4.01. The highest BCUT2D eigenvalue weighted by atomic mass is 16.3. The fourth-order valence-electron chi connectivity index (χ4n) is 3.28. The standard InChI is InChI=1S/C14H17N5O2/c20-12-14(4-6-15-7-5-14)17-13(21)19(12)11-9-16-10-3-1-2-8-18(10)11/h1-3,8-9,12,15,20H,4-7H2,(H,17,21). The second-order valence-corrected chi connectivity index (χ2v) is 5.63. The molecule has 4 rings (SSSR count). The zero-order valence-electron chi connectivity index (χ0n) is 11.5. The molecule has 1 atom stereocenters. The van der Waals surface area contributed by atoms with E-state index in [1.165, 1.54) is 4.90 Å². The van der Waals surface area contributed by atoms with E-state index in [4.69, 9.17) is 0 Å². The monoisotopic (exact) mass is 287 g/mol. The molecule has 0 radical (unpaired) electrons. The zero-order valence-corrected chi connectivity index (χ0v) is 11.5. The van der Waals surface area contributed by atoms with Crippen LogP contribution in [0.2, 0.25) is 0 Å². The van der Waals surface area contributed by atoms with Crippen molar-refractivity contribution in [3.8, 4) is 0 Å². The molecule has 0 aromatic carbocycles. The minimum absolute atomic E-state index is 0.268. The number of amides is 2. The molecule has 3 N–H and O–H groups in total. The normalized spacial score (nSPS) is 24.7. The van der Waals surface area contributed by atoms with Gasteiger partial charge >= 0.3 is 6.03 Å². The molecule has 1 spiro atoms. The number of carbonyl (C=O) groups is 1. The van der Waals surface area contributed by atoms with Gasteiger partial charge in [-0.15, -0.1) is 0 Å². The number of hydrogen-bond acceptors (Lipinski definition) is 4. The lowest BCUT2D eigenvalue weighted by Crippen LogP contribution is -2.56. The fourth-order valence-corrected chi connectivity index (χ4v) is 3.28. The number of rotatable bonds is 1. The minimum atomic E-state index is -0.882. The molecule has 2 aromatic rings. The number of nitrogens with zero attached hydrogens (tertiary/aromatic N) is 3. The molecule has 2 saturated heterocycles. The predicted octanol–water partition coefficient (Wildman–Crippen LogP) is 0.304. The second kappa shape index (κ2) is 4.44. The first-order valence-corrected chi connectivity index (χ1v) is 7.14. The summed E-state index contributed by atoms with van der Waals surface area (Å²) in [6.45, 7) is 1.58. The summed E-state index contributed by atoms with van der Waals surface area (Å²) >= 11 is 0. The first-order chi connectivity index (χ1) is 10.2. The third-order valence-corrected chi connectivity index (χ3v) is 4.45. The molecular weight excluding hydrogens is 270 g/mol. The Balaban J connectivity index is 1.76. The zero-order chi connectivity index (χ0) is 14.4. The van der Waals surface area contributed by atoms with Gasteiger partial charge in [-0.1, -0.05) is 6.07 Å². The van der Waals surface area contributed by atoms with E-state index < -0.39 is 11.8 Å². The van der Waals surface area contributed by atoms with Crippen LogP contribution in [-0.4, -0.2) is 45.4 Å². The molecule has 21 heavy (non-hydrogen) atoms. The van der Waals surface area contributed by atoms with E-state index in [1.807, 2.05) is 28.8 Å². The van der Waals surface area contributed by atoms with Crippen LogP contribution in [0, 0.1) is 0 Å². The van der Waals surface area contributed by atoms with Crippen LogP contribution in [0.4, 0.5) is 10.6 Å². The number of imidazole rings is 1. The fraction of sp³-hybridized carbons (Fsp3) is 0.429. The number of carbonyl (C=O) groups excluding carboxylic acids is 1. The lowest BCUT2D eigenvalue weighted by molar-refractivity contribution is 0.0761. The average Bonchev–Trinajstić information content (AvgIpc) is 3.01. The minimum Gasteiger partial charge on any atom is -0.371 e. The molecule has 7 nitrogen and oxygen atoms in total. The maximum Gasteiger partial charge on any atom is 0.325 e. The van der Waals surface area contributed by atoms with Gasteiger partial charge in [-0.05, 0) is 38.1 Å². The molecule has 1 unspecified atom stereocenters. The number of anilines is 1. The number of piperidine rings is 1. The number of aromatic nitrogens is 2. The van der Waals surface area contributed by atoms with Crippen LogP contribution in [0.5, 0.6) is 0 Å². The molecule has 2 fully saturated rings. The van der Waals surface area contributed by atoms with Crippen molar-refractivity contribution in [3.63, 3.8) is 0 Å². The van der Waals surface area contributed by atoms with Crippen LogP contribution in [-0.2, 0) is 0 Å². The van der Waals surface area contributed by atoms with Crippen molar-refractivity contribution in [1.82, 2.24) is 20.0 Å². The number of hydrogen-bond donors (Lipinski definition) is 3. The van der Waals surface area contributed by atoms with Crippen LogP contribution < -0.4 is 15.5 Å². The maximum absolute atomic E-state index is 12.4. The van der Waals surface area contributed by atoms with Gasteiger partial charge in [-0.2, -0.15) is 0 Å². The Morgan fingerprint density at radius 1 is 1.33 bits per heavy atom. The lowest BCUT2D eigenvalue weighted by Gasteiger charge is -2.36. The van der Waals surface area contributed by atoms with Gasteiger partial charge in [0.1, 0.15) is 11.5 Å². The van der Waals surface area contributed by atoms with Crippen molar-refractivity contribution in [3.05, 3.63) is 30.6 Å². The van der Waals surface area contributed by atoms with Gasteiger partial charge in [0.25, 0.3) is 0 Å². The average molecular weight is 287 g/mol. The van der Waals surface area contributed by atoms with Crippen LogP contribution >= 0.6 is 0 Å². The summed E-state index contributed by atoms with van der Waals surface area (Å²) in [5.74, 6) is 0.589. The number of urea groups is 1. The Hall–Kier alpha value is -2.12. The Morgan fingerprint density at radius 2 is 2.14 bits per heavy atom. The molecule has 110 valence electrons. The Bertz CT molecular complexity index is 691. The number of fused-ring (bicyclic) bond motifs is 1. The van der Waals surface area contributed by atoms with Gasteiger partial charge in [-0.3, -0.25) is 4.40 Å². The third-order valence-electron chi connectivity index (χ3n) is 4.45. The van der Waals surface area contributed by atoms with E-state index in [1.54, 1.807) is 6.20 Å². The molecule has 0 aliphatic carbocycles. The SMILES string of the molecule is O=C1NC2(CCNCC2)C(O)N1c1cnc2ccccn12. The van der Waals surface area contributed by atoms with Crippen molar-refractivity contribution in [2.45, 2.75) is 24.6 Å². The van der Waals surface area contributed by atoms with Crippen LogP contribution in [0.15, 0.2) is 30.6 Å². The number of aliphatic hydroxyl groups excluding tert-OH is 1. The largest absolute Gasteiger partial charge is 0.371 e. The maximum atomic E-state index is 12.4. The van der Waals surface area contributed by atoms with Crippen molar-refractivity contribution in [2.75, 3.05) is 18.0 Å². The van der Waals surface area contributed by atoms with Crippen molar-refractivity contribution < 1.29 is 9.90 Å². The highest BCUT2D eigenvalue weighted by Crippen LogP contribution is 2.34. The van der Waals surface area contributed by atoms with Crippen molar-refractivity contribution in [1.29, 1.82) is 0 Å². The topological polar surface area (TPSA) is 81.9 Å². The Labute approximate surface area is 121 Å². The number of nitrogens with one attached hydrogen (secondary N) is 2. The van der Waals surface area contributed by atoms with Gasteiger partial charge in [0.2, 0.25) is 0 Å². The van der Waals surface area contributed by atoms with Crippen molar-refractivity contribution in [2.24, 2.45) is 0 Å². The second-order valence-electron chi connectivity index (χ2n) is 5.63. The van der Waals surface area contributed by atoms with Crippen LogP contribution in [0.3, 0.4) is 0 Å². The molecule has 0 saturated carbocycles. The van der Waals surface area contributed by atoms with E-state index in [0.717, 1.165) is 18.7 Å². The first kappa shape index (κ1) is 12.6. The summed E-state index contributed by atoms with van der Waals surface area (Å²) in [6, 6.07) is 5.36. The summed E-state index contributed by atoms with van der Waals surface area (Å²) in [5.41, 5.74) is 0.181. The summed E-state index contributed by atoms with van der Waals surface area (Å²) in [7, 11) is 0. The molecule has 4 heterocycles. The highest BCUT2D eigenvalue weighted by Gasteiger charge is 2.52. The molecule has 2 aliphatic heterocycles. The van der Waals surface area contributed by atoms with Gasteiger partial charge in [0.05, 0.1) is 11.7 Å². The first-order valence-electron chi connectivity index (χ1n) is 7.14. The Morgan fingerprint density at radius 3 is 2.95 bits per heavy atom. The van der Waals surface area contributed by atoms with E-state index >= 15 is 0 Å². The smallest absolute Gasteiger partial charge is 0.325 e. The van der Waals surface area contributed by atoms with Gasteiger partial charge in [0, 0.05) is 6.20 Å². The highest BCUT2D eigenvalue weighted by molar-refractivity contribution is 5.95. The van der Waals surface area contributed by atoms with Gasteiger partial charge < -0.3 is 15.7 Å². The van der Waals surface area contributed by atoms with E-state index in [9.17, 15) is 9.90 Å². The molecule has 0 bridgehead atoms. The third kappa shape index (κ3) is 1.74. The number of pyridine rings is 1. The van der Waals surface area contributed by atoms with Crippen LogP contribution in [0.1, 0.15) is 12.8 Å². The molecule has 2 amide bonds. The summed E-state index contributed by atoms with van der Waals surface area (Å²) in [4.78, 5) is 18.1. The van der Waals surface area contributed by atoms with E-state index in [2.05, 4.69) is 15.6 Å². The van der Waals surface area contributed by atoms with E-state index in [0.29, 0.717) is 18.7 Å².